The van der Waals surface area contributed by atoms with E-state index in [1.54, 1.807) is 19.1 Å². The fourth-order valence-electron chi connectivity index (χ4n) is 1.59. The van der Waals surface area contributed by atoms with E-state index in [0.717, 1.165) is 5.39 Å². The molecule has 0 bridgehead atoms. The van der Waals surface area contributed by atoms with Crippen molar-refractivity contribution in [2.45, 2.75) is 6.92 Å². The minimum atomic E-state index is -0.464. The molecule has 0 fully saturated rings. The van der Waals surface area contributed by atoms with Crippen LogP contribution in [-0.2, 0) is 0 Å². The van der Waals surface area contributed by atoms with Crippen molar-refractivity contribution in [3.05, 3.63) is 50.2 Å². The van der Waals surface area contributed by atoms with E-state index in [1.807, 2.05) is 0 Å². The number of hydrogen-bond acceptors (Lipinski definition) is 2. The molecular weight excluding hydrogens is 277 g/mol. The van der Waals surface area contributed by atoms with E-state index in [1.165, 1.54) is 12.1 Å². The molecule has 2 aromatic carbocycles. The number of nitro benzene ring substituents is 1. The second-order valence-electron chi connectivity index (χ2n) is 3.51. The van der Waals surface area contributed by atoms with Crippen LogP contribution in [0.1, 0.15) is 5.56 Å². The van der Waals surface area contributed by atoms with Crippen LogP contribution in [0.4, 0.5) is 10.1 Å². The Kier molecular flexibility index (Phi) is 2.63. The summed E-state index contributed by atoms with van der Waals surface area (Å²) in [6.45, 7) is 1.66. The Morgan fingerprint density at radius 3 is 2.50 bits per heavy atom. The van der Waals surface area contributed by atoms with Crippen LogP contribution in [-0.4, -0.2) is 4.92 Å². The number of benzene rings is 2. The highest BCUT2D eigenvalue weighted by atomic mass is 79.9. The first-order valence-corrected chi connectivity index (χ1v) is 5.32. The van der Waals surface area contributed by atoms with Crippen LogP contribution in [0, 0.1) is 22.9 Å². The van der Waals surface area contributed by atoms with E-state index in [9.17, 15) is 14.5 Å². The molecule has 0 aliphatic carbocycles. The second kappa shape index (κ2) is 3.83. The first kappa shape index (κ1) is 11.0. The summed E-state index contributed by atoms with van der Waals surface area (Å²) in [5.41, 5.74) is 0.574. The van der Waals surface area contributed by atoms with Gasteiger partial charge in [0.05, 0.1) is 9.40 Å². The first-order valence-electron chi connectivity index (χ1n) is 4.53. The van der Waals surface area contributed by atoms with E-state index < -0.39 is 10.7 Å². The summed E-state index contributed by atoms with van der Waals surface area (Å²) in [5.74, 6) is -0.425. The standard InChI is InChI=1S/C11H7BrFNO2/c1-6-2-7-3-9(12)10(13)4-8(7)5-11(6)14(15)16/h2-5H,1H3. The molecule has 0 radical (unpaired) electrons. The first-order chi connectivity index (χ1) is 7.49. The van der Waals surface area contributed by atoms with Gasteiger partial charge in [-0.25, -0.2) is 4.39 Å². The van der Waals surface area contributed by atoms with Gasteiger partial charge in [0.2, 0.25) is 0 Å². The second-order valence-corrected chi connectivity index (χ2v) is 4.36. The summed E-state index contributed by atoms with van der Waals surface area (Å²) >= 11 is 3.08. The zero-order valence-corrected chi connectivity index (χ0v) is 9.92. The number of halogens is 2. The van der Waals surface area contributed by atoms with Crippen LogP contribution in [0.3, 0.4) is 0 Å². The van der Waals surface area contributed by atoms with Gasteiger partial charge in [0.15, 0.2) is 0 Å². The van der Waals surface area contributed by atoms with E-state index in [0.29, 0.717) is 15.4 Å². The number of fused-ring (bicyclic) bond motifs is 1. The summed E-state index contributed by atoms with van der Waals surface area (Å²) in [5, 5.41) is 12.0. The van der Waals surface area contributed by atoms with Crippen molar-refractivity contribution in [3.8, 4) is 0 Å². The smallest absolute Gasteiger partial charge is 0.258 e. The van der Waals surface area contributed by atoms with Crippen LogP contribution in [0.25, 0.3) is 10.8 Å². The zero-order chi connectivity index (χ0) is 11.9. The molecule has 2 aromatic rings. The fraction of sp³-hybridized carbons (Fsp3) is 0.0909. The van der Waals surface area contributed by atoms with Gasteiger partial charge in [-0.3, -0.25) is 10.1 Å². The van der Waals surface area contributed by atoms with Crippen molar-refractivity contribution in [3.63, 3.8) is 0 Å². The van der Waals surface area contributed by atoms with Crippen LogP contribution >= 0.6 is 15.9 Å². The highest BCUT2D eigenvalue weighted by molar-refractivity contribution is 9.10. The SMILES string of the molecule is Cc1cc2cc(Br)c(F)cc2cc1[N+](=O)[O-]. The number of nitrogens with zero attached hydrogens (tertiary/aromatic N) is 1. The summed E-state index contributed by atoms with van der Waals surface area (Å²) < 4.78 is 13.6. The Morgan fingerprint density at radius 1 is 1.25 bits per heavy atom. The molecule has 0 aromatic heterocycles. The van der Waals surface area contributed by atoms with E-state index in [2.05, 4.69) is 15.9 Å². The number of hydrogen-bond donors (Lipinski definition) is 0. The fourth-order valence-corrected chi connectivity index (χ4v) is 1.95. The summed E-state index contributed by atoms with van der Waals surface area (Å²) in [6.07, 6.45) is 0. The minimum absolute atomic E-state index is 0.00854. The maximum atomic E-state index is 13.3. The maximum absolute atomic E-state index is 13.3. The predicted molar refractivity (Wildman–Crippen MR) is 63.0 cm³/mol. The molecule has 0 aliphatic heterocycles. The van der Waals surface area contributed by atoms with E-state index in [-0.39, 0.29) is 5.69 Å². The molecule has 5 heteroatoms. The largest absolute Gasteiger partial charge is 0.272 e. The van der Waals surface area contributed by atoms with Crippen molar-refractivity contribution >= 4 is 32.4 Å². The quantitative estimate of drug-likeness (QED) is 0.587. The van der Waals surface area contributed by atoms with Crippen molar-refractivity contribution in [2.24, 2.45) is 0 Å². The van der Waals surface area contributed by atoms with Crippen LogP contribution in [0.15, 0.2) is 28.7 Å². The molecule has 0 atom stereocenters. The van der Waals surface area contributed by atoms with Gasteiger partial charge in [0.1, 0.15) is 5.82 Å². The molecule has 2 rings (SSSR count). The molecule has 82 valence electrons. The highest BCUT2D eigenvalue weighted by Crippen LogP contribution is 2.29. The molecule has 0 N–H and O–H groups in total. The lowest BCUT2D eigenvalue weighted by molar-refractivity contribution is -0.385. The Hall–Kier alpha value is -1.49. The Balaban J connectivity index is 2.79. The van der Waals surface area contributed by atoms with Gasteiger partial charge in [0, 0.05) is 11.6 Å². The third-order valence-corrected chi connectivity index (χ3v) is 3.00. The summed E-state index contributed by atoms with van der Waals surface area (Å²) in [6, 6.07) is 5.96. The predicted octanol–water partition coefficient (Wildman–Crippen LogP) is 3.96. The molecule has 0 unspecified atom stereocenters. The van der Waals surface area contributed by atoms with Gasteiger partial charge >= 0.3 is 0 Å². The molecule has 0 saturated heterocycles. The average molecular weight is 284 g/mol. The topological polar surface area (TPSA) is 43.1 Å². The molecular formula is C11H7BrFNO2. The maximum Gasteiger partial charge on any atom is 0.272 e. The Morgan fingerprint density at radius 2 is 1.88 bits per heavy atom. The summed E-state index contributed by atoms with van der Waals surface area (Å²) in [4.78, 5) is 10.3. The van der Waals surface area contributed by atoms with Crippen molar-refractivity contribution in [2.75, 3.05) is 0 Å². The zero-order valence-electron chi connectivity index (χ0n) is 8.33. The van der Waals surface area contributed by atoms with Gasteiger partial charge in [-0.15, -0.1) is 0 Å². The van der Waals surface area contributed by atoms with Gasteiger partial charge in [-0.2, -0.15) is 0 Å². The monoisotopic (exact) mass is 283 g/mol. The number of aryl methyl sites for hydroxylation is 1. The lowest BCUT2D eigenvalue weighted by atomic mass is 10.1. The molecule has 0 saturated carbocycles. The van der Waals surface area contributed by atoms with Gasteiger partial charge in [-0.1, -0.05) is 0 Å². The normalized spacial score (nSPS) is 10.7. The summed E-state index contributed by atoms with van der Waals surface area (Å²) in [7, 11) is 0. The van der Waals surface area contributed by atoms with Gasteiger partial charge < -0.3 is 0 Å². The molecule has 3 nitrogen and oxygen atoms in total. The third kappa shape index (κ3) is 1.78. The van der Waals surface area contributed by atoms with Gasteiger partial charge in [-0.05, 0) is 51.8 Å². The van der Waals surface area contributed by atoms with Crippen LogP contribution in [0.5, 0.6) is 0 Å². The number of rotatable bonds is 1. The third-order valence-electron chi connectivity index (χ3n) is 2.39. The van der Waals surface area contributed by atoms with E-state index in [4.69, 9.17) is 0 Å². The van der Waals surface area contributed by atoms with Gasteiger partial charge in [0.25, 0.3) is 5.69 Å². The molecule has 0 heterocycles. The highest BCUT2D eigenvalue weighted by Gasteiger charge is 2.12. The molecule has 0 spiro atoms. The molecule has 0 amide bonds. The average Bonchev–Trinajstić information content (AvgIpc) is 2.19. The number of nitro groups is 1. The molecule has 0 aliphatic rings. The minimum Gasteiger partial charge on any atom is -0.258 e. The van der Waals surface area contributed by atoms with Crippen molar-refractivity contribution in [1.82, 2.24) is 0 Å². The molecule has 16 heavy (non-hydrogen) atoms. The van der Waals surface area contributed by atoms with Crippen molar-refractivity contribution in [1.29, 1.82) is 0 Å². The van der Waals surface area contributed by atoms with Crippen LogP contribution in [0.2, 0.25) is 0 Å². The van der Waals surface area contributed by atoms with E-state index >= 15 is 0 Å². The van der Waals surface area contributed by atoms with Crippen molar-refractivity contribution < 1.29 is 9.31 Å². The lowest BCUT2D eigenvalue weighted by Gasteiger charge is -2.03. The Labute approximate surface area is 99.2 Å². The lowest BCUT2D eigenvalue weighted by Crippen LogP contribution is -1.92. The Bertz CT molecular complexity index is 598. The van der Waals surface area contributed by atoms with Crippen LogP contribution < -0.4 is 0 Å².